The van der Waals surface area contributed by atoms with Crippen LogP contribution < -0.4 is 15.2 Å². The van der Waals surface area contributed by atoms with E-state index in [4.69, 9.17) is 15.2 Å². The molecule has 2 rings (SSSR count). The number of nitrogens with two attached hydrogens (primary N) is 1. The predicted molar refractivity (Wildman–Crippen MR) is 89.2 cm³/mol. The number of rotatable bonds is 6. The Hall–Kier alpha value is -1.52. The van der Waals surface area contributed by atoms with Crippen LogP contribution in [-0.4, -0.2) is 13.2 Å². The van der Waals surface area contributed by atoms with Crippen LogP contribution in [0, 0.1) is 0 Å². The summed E-state index contributed by atoms with van der Waals surface area (Å²) >= 11 is 3.48. The zero-order valence-electron chi connectivity index (χ0n) is 12.3. The maximum atomic E-state index is 6.06. The molecular weight excluding hydrogens is 330 g/mol. The third-order valence-corrected chi connectivity index (χ3v) is 3.82. The Kier molecular flexibility index (Phi) is 5.65. The van der Waals surface area contributed by atoms with Crippen molar-refractivity contribution in [3.63, 3.8) is 0 Å². The standard InChI is InChI=1S/C17H20BrNO2/c1-3-14(19)10-12-4-5-13(18)11-17(12)21-16-8-6-15(20-2)7-9-16/h4-9,11,14H,3,10,19H2,1-2H3. The van der Waals surface area contributed by atoms with E-state index in [-0.39, 0.29) is 6.04 Å². The van der Waals surface area contributed by atoms with Crippen LogP contribution >= 0.6 is 15.9 Å². The van der Waals surface area contributed by atoms with Crippen LogP contribution in [0.1, 0.15) is 18.9 Å². The molecule has 21 heavy (non-hydrogen) atoms. The van der Waals surface area contributed by atoms with Crippen molar-refractivity contribution in [3.8, 4) is 17.2 Å². The van der Waals surface area contributed by atoms with Gasteiger partial charge in [0.15, 0.2) is 0 Å². The van der Waals surface area contributed by atoms with E-state index in [0.717, 1.165) is 40.1 Å². The molecule has 112 valence electrons. The van der Waals surface area contributed by atoms with Gasteiger partial charge in [-0.05, 0) is 54.8 Å². The summed E-state index contributed by atoms with van der Waals surface area (Å²) in [4.78, 5) is 0. The van der Waals surface area contributed by atoms with Crippen molar-refractivity contribution in [1.82, 2.24) is 0 Å². The first-order valence-corrected chi connectivity index (χ1v) is 7.77. The molecular formula is C17H20BrNO2. The third kappa shape index (κ3) is 4.48. The molecule has 1 atom stereocenters. The van der Waals surface area contributed by atoms with Gasteiger partial charge in [-0.1, -0.05) is 28.9 Å². The lowest BCUT2D eigenvalue weighted by Gasteiger charge is -2.15. The highest BCUT2D eigenvalue weighted by Gasteiger charge is 2.10. The molecule has 0 radical (unpaired) electrons. The van der Waals surface area contributed by atoms with Crippen LogP contribution in [-0.2, 0) is 6.42 Å². The van der Waals surface area contributed by atoms with E-state index in [0.29, 0.717) is 0 Å². The Morgan fingerprint density at radius 1 is 1.10 bits per heavy atom. The largest absolute Gasteiger partial charge is 0.497 e. The van der Waals surface area contributed by atoms with Gasteiger partial charge in [0.05, 0.1) is 7.11 Å². The van der Waals surface area contributed by atoms with Crippen molar-refractivity contribution in [2.24, 2.45) is 5.73 Å². The Balaban J connectivity index is 2.22. The van der Waals surface area contributed by atoms with Crippen LogP contribution in [0.5, 0.6) is 17.2 Å². The van der Waals surface area contributed by atoms with Gasteiger partial charge in [-0.25, -0.2) is 0 Å². The average Bonchev–Trinajstić information content (AvgIpc) is 2.50. The van der Waals surface area contributed by atoms with Crippen molar-refractivity contribution >= 4 is 15.9 Å². The SMILES string of the molecule is CCC(N)Cc1ccc(Br)cc1Oc1ccc(OC)cc1. The first-order chi connectivity index (χ1) is 10.1. The van der Waals surface area contributed by atoms with Crippen LogP contribution in [0.15, 0.2) is 46.9 Å². The molecule has 2 N–H and O–H groups in total. The van der Waals surface area contributed by atoms with Gasteiger partial charge >= 0.3 is 0 Å². The first-order valence-electron chi connectivity index (χ1n) is 6.98. The average molecular weight is 350 g/mol. The van der Waals surface area contributed by atoms with Gasteiger partial charge < -0.3 is 15.2 Å². The molecule has 0 aliphatic heterocycles. The number of ether oxygens (including phenoxy) is 2. The minimum Gasteiger partial charge on any atom is -0.497 e. The molecule has 0 saturated heterocycles. The Morgan fingerprint density at radius 2 is 1.76 bits per heavy atom. The van der Waals surface area contributed by atoms with Crippen molar-refractivity contribution in [2.75, 3.05) is 7.11 Å². The summed E-state index contributed by atoms with van der Waals surface area (Å²) in [6.07, 6.45) is 1.74. The molecule has 0 fully saturated rings. The van der Waals surface area contributed by atoms with Crippen LogP contribution in [0.2, 0.25) is 0 Å². The van der Waals surface area contributed by atoms with E-state index < -0.39 is 0 Å². The second-order valence-electron chi connectivity index (χ2n) is 4.90. The maximum absolute atomic E-state index is 6.06. The van der Waals surface area contributed by atoms with Gasteiger partial charge in [-0.2, -0.15) is 0 Å². The van der Waals surface area contributed by atoms with Gasteiger partial charge in [0.2, 0.25) is 0 Å². The fourth-order valence-corrected chi connectivity index (χ4v) is 2.33. The normalized spacial score (nSPS) is 12.0. The van der Waals surface area contributed by atoms with Gasteiger partial charge in [-0.3, -0.25) is 0 Å². The zero-order chi connectivity index (χ0) is 15.2. The summed E-state index contributed by atoms with van der Waals surface area (Å²) in [7, 11) is 1.65. The second-order valence-corrected chi connectivity index (χ2v) is 5.82. The molecule has 4 heteroatoms. The summed E-state index contributed by atoms with van der Waals surface area (Å²) in [5.74, 6) is 2.42. The van der Waals surface area contributed by atoms with Crippen molar-refractivity contribution in [2.45, 2.75) is 25.8 Å². The van der Waals surface area contributed by atoms with E-state index >= 15 is 0 Å². The van der Waals surface area contributed by atoms with Crippen LogP contribution in [0.3, 0.4) is 0 Å². The molecule has 0 bridgehead atoms. The molecule has 1 unspecified atom stereocenters. The van der Waals surface area contributed by atoms with Crippen molar-refractivity contribution in [3.05, 3.63) is 52.5 Å². The van der Waals surface area contributed by atoms with Crippen molar-refractivity contribution in [1.29, 1.82) is 0 Å². The van der Waals surface area contributed by atoms with Gasteiger partial charge in [0.1, 0.15) is 17.2 Å². The highest BCUT2D eigenvalue weighted by atomic mass is 79.9. The monoisotopic (exact) mass is 349 g/mol. The summed E-state index contributed by atoms with van der Waals surface area (Å²) < 4.78 is 12.1. The lowest BCUT2D eigenvalue weighted by atomic mass is 10.0. The minimum atomic E-state index is 0.143. The van der Waals surface area contributed by atoms with Crippen LogP contribution in [0.4, 0.5) is 0 Å². The summed E-state index contributed by atoms with van der Waals surface area (Å²) in [6.45, 7) is 2.09. The first kappa shape index (κ1) is 15.9. The lowest BCUT2D eigenvalue weighted by Crippen LogP contribution is -2.21. The van der Waals surface area contributed by atoms with E-state index in [2.05, 4.69) is 28.9 Å². The zero-order valence-corrected chi connectivity index (χ0v) is 13.9. The van der Waals surface area contributed by atoms with E-state index in [9.17, 15) is 0 Å². The molecule has 3 nitrogen and oxygen atoms in total. The van der Waals surface area contributed by atoms with E-state index in [1.807, 2.05) is 36.4 Å². The fraction of sp³-hybridized carbons (Fsp3) is 0.294. The Morgan fingerprint density at radius 3 is 2.38 bits per heavy atom. The summed E-state index contributed by atoms with van der Waals surface area (Å²) in [6, 6.07) is 13.7. The molecule has 0 aliphatic carbocycles. The Labute approximate surface area is 134 Å². The maximum Gasteiger partial charge on any atom is 0.131 e. The van der Waals surface area contributed by atoms with Gasteiger partial charge in [-0.15, -0.1) is 0 Å². The quantitative estimate of drug-likeness (QED) is 0.833. The molecule has 0 saturated carbocycles. The van der Waals surface area contributed by atoms with E-state index in [1.165, 1.54) is 0 Å². The van der Waals surface area contributed by atoms with Crippen LogP contribution in [0.25, 0.3) is 0 Å². The molecule has 0 heterocycles. The van der Waals surface area contributed by atoms with Gasteiger partial charge in [0, 0.05) is 10.5 Å². The predicted octanol–water partition coefficient (Wildman–Crippen LogP) is 4.53. The third-order valence-electron chi connectivity index (χ3n) is 3.32. The highest BCUT2D eigenvalue weighted by Crippen LogP contribution is 2.30. The number of hydrogen-bond donors (Lipinski definition) is 1. The smallest absolute Gasteiger partial charge is 0.131 e. The topological polar surface area (TPSA) is 44.5 Å². The number of hydrogen-bond acceptors (Lipinski definition) is 3. The number of methoxy groups -OCH3 is 1. The second kappa shape index (κ2) is 7.48. The summed E-state index contributed by atoms with van der Waals surface area (Å²) in [5.41, 5.74) is 7.17. The molecule has 2 aromatic carbocycles. The molecule has 0 amide bonds. The molecule has 2 aromatic rings. The molecule has 0 aliphatic rings. The molecule has 0 aromatic heterocycles. The Bertz CT molecular complexity index is 584. The minimum absolute atomic E-state index is 0.143. The van der Waals surface area contributed by atoms with Gasteiger partial charge in [0.25, 0.3) is 0 Å². The van der Waals surface area contributed by atoms with E-state index in [1.54, 1.807) is 7.11 Å². The highest BCUT2D eigenvalue weighted by molar-refractivity contribution is 9.10. The summed E-state index contributed by atoms with van der Waals surface area (Å²) in [5, 5.41) is 0. The number of halogens is 1. The molecule has 0 spiro atoms. The van der Waals surface area contributed by atoms with Crippen molar-refractivity contribution < 1.29 is 9.47 Å². The lowest BCUT2D eigenvalue weighted by molar-refractivity contribution is 0.412. The number of benzene rings is 2. The fourth-order valence-electron chi connectivity index (χ4n) is 1.99.